The van der Waals surface area contributed by atoms with Gasteiger partial charge >= 0.3 is 0 Å². The van der Waals surface area contributed by atoms with Gasteiger partial charge in [0, 0.05) is 18.1 Å². The molecule has 0 saturated carbocycles. The molecule has 1 unspecified atom stereocenters. The summed E-state index contributed by atoms with van der Waals surface area (Å²) in [7, 11) is 0. The minimum atomic E-state index is -0.0910. The standard InChI is InChI=1S/C15H21ClN2O2.ClH/c1-15(7-2-8-17-10-15)11-18-14(19)9-20-13-5-3-12(16)4-6-13;/h3-6,17H,2,7-11H2,1H3,(H,18,19);1H. The van der Waals surface area contributed by atoms with Crippen molar-refractivity contribution >= 4 is 29.9 Å². The third-order valence-electron chi connectivity index (χ3n) is 3.58. The van der Waals surface area contributed by atoms with Gasteiger partial charge in [-0.05, 0) is 49.1 Å². The number of amides is 1. The number of ether oxygens (including phenoxy) is 1. The molecule has 1 atom stereocenters. The van der Waals surface area contributed by atoms with E-state index in [0.29, 0.717) is 17.3 Å². The number of piperidine rings is 1. The second-order valence-corrected chi connectivity index (χ2v) is 6.05. The van der Waals surface area contributed by atoms with E-state index >= 15 is 0 Å². The van der Waals surface area contributed by atoms with Crippen LogP contribution in [0.25, 0.3) is 0 Å². The molecule has 0 spiro atoms. The fraction of sp³-hybridized carbons (Fsp3) is 0.533. The van der Waals surface area contributed by atoms with Crippen molar-refractivity contribution in [2.75, 3.05) is 26.2 Å². The number of carbonyl (C=O) groups excluding carboxylic acids is 1. The third-order valence-corrected chi connectivity index (χ3v) is 3.83. The predicted octanol–water partition coefficient (Wildman–Crippen LogP) is 2.65. The van der Waals surface area contributed by atoms with Crippen LogP contribution >= 0.6 is 24.0 Å². The molecule has 0 aromatic heterocycles. The Labute approximate surface area is 137 Å². The first-order valence-electron chi connectivity index (χ1n) is 6.93. The molecule has 1 heterocycles. The van der Waals surface area contributed by atoms with Crippen molar-refractivity contribution < 1.29 is 9.53 Å². The number of hydrogen-bond acceptors (Lipinski definition) is 3. The first-order valence-corrected chi connectivity index (χ1v) is 7.31. The van der Waals surface area contributed by atoms with E-state index in [-0.39, 0.29) is 30.3 Å². The maximum absolute atomic E-state index is 11.8. The summed E-state index contributed by atoms with van der Waals surface area (Å²) < 4.78 is 5.41. The average Bonchev–Trinajstić information content (AvgIpc) is 2.45. The van der Waals surface area contributed by atoms with Gasteiger partial charge in [0.25, 0.3) is 5.91 Å². The van der Waals surface area contributed by atoms with E-state index in [1.54, 1.807) is 24.3 Å². The van der Waals surface area contributed by atoms with Crippen LogP contribution in [0.1, 0.15) is 19.8 Å². The van der Waals surface area contributed by atoms with E-state index in [4.69, 9.17) is 16.3 Å². The third kappa shape index (κ3) is 6.12. The van der Waals surface area contributed by atoms with E-state index in [9.17, 15) is 4.79 Å². The maximum atomic E-state index is 11.8. The molecule has 1 amide bonds. The Morgan fingerprint density at radius 3 is 2.76 bits per heavy atom. The molecule has 1 aromatic rings. The van der Waals surface area contributed by atoms with Crippen molar-refractivity contribution in [2.24, 2.45) is 5.41 Å². The van der Waals surface area contributed by atoms with Gasteiger partial charge in [0.1, 0.15) is 5.75 Å². The molecule has 21 heavy (non-hydrogen) atoms. The summed E-state index contributed by atoms with van der Waals surface area (Å²) in [5.74, 6) is 0.557. The molecule has 0 aliphatic carbocycles. The summed E-state index contributed by atoms with van der Waals surface area (Å²) in [6.07, 6.45) is 2.30. The van der Waals surface area contributed by atoms with Gasteiger partial charge in [-0.15, -0.1) is 12.4 Å². The van der Waals surface area contributed by atoms with Crippen molar-refractivity contribution in [3.8, 4) is 5.75 Å². The van der Waals surface area contributed by atoms with Gasteiger partial charge in [0.2, 0.25) is 0 Å². The Hall–Kier alpha value is -0.970. The Morgan fingerprint density at radius 1 is 1.43 bits per heavy atom. The zero-order valence-corrected chi connectivity index (χ0v) is 13.7. The molecule has 1 aromatic carbocycles. The summed E-state index contributed by atoms with van der Waals surface area (Å²) in [6.45, 7) is 4.93. The highest BCUT2D eigenvalue weighted by atomic mass is 35.5. The van der Waals surface area contributed by atoms with Crippen LogP contribution in [0, 0.1) is 5.41 Å². The molecule has 1 saturated heterocycles. The predicted molar refractivity (Wildman–Crippen MR) is 87.4 cm³/mol. The molecule has 0 radical (unpaired) electrons. The molecule has 0 bridgehead atoms. The van der Waals surface area contributed by atoms with Crippen LogP contribution in [0.4, 0.5) is 0 Å². The number of halogens is 2. The van der Waals surface area contributed by atoms with E-state index < -0.39 is 0 Å². The number of rotatable bonds is 5. The van der Waals surface area contributed by atoms with Crippen LogP contribution in [-0.2, 0) is 4.79 Å². The largest absolute Gasteiger partial charge is 0.484 e. The molecular formula is C15H22Cl2N2O2. The summed E-state index contributed by atoms with van der Waals surface area (Å²) in [4.78, 5) is 11.8. The molecule has 118 valence electrons. The number of nitrogens with one attached hydrogen (secondary N) is 2. The molecule has 1 aliphatic heterocycles. The first-order chi connectivity index (χ1) is 9.57. The van der Waals surface area contributed by atoms with Gasteiger partial charge in [-0.3, -0.25) is 4.79 Å². The van der Waals surface area contributed by atoms with Crippen LogP contribution in [0.15, 0.2) is 24.3 Å². The zero-order chi connectivity index (χ0) is 14.4. The topological polar surface area (TPSA) is 50.4 Å². The molecule has 6 heteroatoms. The Morgan fingerprint density at radius 2 is 2.14 bits per heavy atom. The summed E-state index contributed by atoms with van der Waals surface area (Å²) >= 11 is 5.78. The van der Waals surface area contributed by atoms with Gasteiger partial charge in [-0.2, -0.15) is 0 Å². The van der Waals surface area contributed by atoms with Crippen LogP contribution in [0.3, 0.4) is 0 Å². The molecule has 1 fully saturated rings. The van der Waals surface area contributed by atoms with Crippen LogP contribution < -0.4 is 15.4 Å². The zero-order valence-electron chi connectivity index (χ0n) is 12.2. The van der Waals surface area contributed by atoms with E-state index in [1.807, 2.05) is 0 Å². The smallest absolute Gasteiger partial charge is 0.257 e. The second-order valence-electron chi connectivity index (χ2n) is 5.61. The highest BCUT2D eigenvalue weighted by Gasteiger charge is 2.26. The van der Waals surface area contributed by atoms with E-state index in [0.717, 1.165) is 25.9 Å². The van der Waals surface area contributed by atoms with Crippen molar-refractivity contribution in [1.82, 2.24) is 10.6 Å². The SMILES string of the molecule is CC1(CNC(=O)COc2ccc(Cl)cc2)CCCNC1.Cl. The first kappa shape index (κ1) is 18.1. The van der Waals surface area contributed by atoms with Crippen molar-refractivity contribution in [3.63, 3.8) is 0 Å². The van der Waals surface area contributed by atoms with Crippen molar-refractivity contribution in [1.29, 1.82) is 0 Å². The van der Waals surface area contributed by atoms with Crippen LogP contribution in [-0.4, -0.2) is 32.1 Å². The van der Waals surface area contributed by atoms with Gasteiger partial charge in [0.05, 0.1) is 0 Å². The van der Waals surface area contributed by atoms with Crippen LogP contribution in [0.5, 0.6) is 5.75 Å². The normalized spacial score (nSPS) is 21.2. The lowest BCUT2D eigenvalue weighted by atomic mass is 9.83. The average molecular weight is 333 g/mol. The molecule has 4 nitrogen and oxygen atoms in total. The molecule has 2 rings (SSSR count). The minimum absolute atomic E-state index is 0. The minimum Gasteiger partial charge on any atom is -0.484 e. The summed E-state index contributed by atoms with van der Waals surface area (Å²) in [5.41, 5.74) is 0.147. The van der Waals surface area contributed by atoms with E-state index in [2.05, 4.69) is 17.6 Å². The quantitative estimate of drug-likeness (QED) is 0.871. The van der Waals surface area contributed by atoms with E-state index in [1.165, 1.54) is 0 Å². The highest BCUT2D eigenvalue weighted by Crippen LogP contribution is 2.24. The number of hydrogen-bond donors (Lipinski definition) is 2. The lowest BCUT2D eigenvalue weighted by Crippen LogP contribution is -2.46. The fourth-order valence-corrected chi connectivity index (χ4v) is 2.44. The second kappa shape index (κ2) is 8.47. The lowest BCUT2D eigenvalue weighted by Gasteiger charge is -2.34. The van der Waals surface area contributed by atoms with Gasteiger partial charge in [0.15, 0.2) is 6.61 Å². The Kier molecular flexibility index (Phi) is 7.29. The fourth-order valence-electron chi connectivity index (χ4n) is 2.31. The molecule has 1 aliphatic rings. The Balaban J connectivity index is 0.00000220. The van der Waals surface area contributed by atoms with Crippen molar-refractivity contribution in [2.45, 2.75) is 19.8 Å². The molecular weight excluding hydrogens is 311 g/mol. The van der Waals surface area contributed by atoms with Gasteiger partial charge in [-0.25, -0.2) is 0 Å². The highest BCUT2D eigenvalue weighted by molar-refractivity contribution is 6.30. The lowest BCUT2D eigenvalue weighted by molar-refractivity contribution is -0.123. The van der Waals surface area contributed by atoms with Crippen molar-refractivity contribution in [3.05, 3.63) is 29.3 Å². The Bertz CT molecular complexity index is 445. The van der Waals surface area contributed by atoms with Crippen LogP contribution in [0.2, 0.25) is 5.02 Å². The maximum Gasteiger partial charge on any atom is 0.257 e. The summed E-state index contributed by atoms with van der Waals surface area (Å²) in [5, 5.41) is 6.96. The van der Waals surface area contributed by atoms with Gasteiger partial charge in [-0.1, -0.05) is 18.5 Å². The molecule has 2 N–H and O–H groups in total. The summed E-state index contributed by atoms with van der Waals surface area (Å²) in [6, 6.07) is 6.98. The number of benzene rings is 1. The van der Waals surface area contributed by atoms with Gasteiger partial charge < -0.3 is 15.4 Å². The monoisotopic (exact) mass is 332 g/mol. The number of carbonyl (C=O) groups is 1.